The molecule has 164 valence electrons. The standard InChI is InChI=1S/C22H25N3O4S2/c26-21(17-5-6-17)23-10-12-24(13-11-23)22(27)20-19(8-14-30-20)31(28,29)25-9-7-16-3-1-2-4-18(16)15-25/h1-4,8,14,17H,5-7,9-13,15H2. The highest BCUT2D eigenvalue weighted by atomic mass is 32.2. The first-order valence-corrected chi connectivity index (χ1v) is 13.0. The number of nitrogens with zero attached hydrogens (tertiary/aromatic N) is 3. The predicted molar refractivity (Wildman–Crippen MR) is 117 cm³/mol. The second kappa shape index (κ2) is 8.03. The van der Waals surface area contributed by atoms with Crippen LogP contribution in [-0.2, 0) is 27.8 Å². The lowest BCUT2D eigenvalue weighted by Crippen LogP contribution is -2.51. The van der Waals surface area contributed by atoms with Crippen LogP contribution in [0.4, 0.5) is 0 Å². The summed E-state index contributed by atoms with van der Waals surface area (Å²) in [4.78, 5) is 29.3. The predicted octanol–water partition coefficient (Wildman–Crippen LogP) is 2.19. The Kier molecular flexibility index (Phi) is 5.35. The van der Waals surface area contributed by atoms with Gasteiger partial charge in [-0.1, -0.05) is 24.3 Å². The van der Waals surface area contributed by atoms with E-state index < -0.39 is 10.0 Å². The molecule has 0 radical (unpaired) electrons. The first-order chi connectivity index (χ1) is 14.9. The Bertz CT molecular complexity index is 1120. The summed E-state index contributed by atoms with van der Waals surface area (Å²) in [7, 11) is -3.77. The molecule has 2 fully saturated rings. The highest BCUT2D eigenvalue weighted by Gasteiger charge is 2.37. The molecule has 1 saturated carbocycles. The van der Waals surface area contributed by atoms with Crippen molar-refractivity contribution in [2.75, 3.05) is 32.7 Å². The third kappa shape index (κ3) is 3.90. The van der Waals surface area contributed by atoms with E-state index in [1.807, 2.05) is 29.2 Å². The van der Waals surface area contributed by atoms with Crippen molar-refractivity contribution in [1.29, 1.82) is 0 Å². The van der Waals surface area contributed by atoms with E-state index in [1.54, 1.807) is 16.3 Å². The lowest BCUT2D eigenvalue weighted by atomic mass is 10.0. The van der Waals surface area contributed by atoms with Gasteiger partial charge in [0, 0.05) is 45.2 Å². The van der Waals surface area contributed by atoms with E-state index in [2.05, 4.69) is 0 Å². The first-order valence-electron chi connectivity index (χ1n) is 10.7. The molecule has 2 amide bonds. The molecule has 1 aliphatic carbocycles. The number of amides is 2. The van der Waals surface area contributed by atoms with Gasteiger partial charge in [0.1, 0.15) is 9.77 Å². The molecule has 0 bridgehead atoms. The van der Waals surface area contributed by atoms with Gasteiger partial charge in [0.15, 0.2) is 0 Å². The molecule has 31 heavy (non-hydrogen) atoms. The molecule has 1 saturated heterocycles. The second-order valence-corrected chi connectivity index (χ2v) is 11.2. The van der Waals surface area contributed by atoms with E-state index in [0.29, 0.717) is 45.7 Å². The van der Waals surface area contributed by atoms with Crippen molar-refractivity contribution in [3.05, 3.63) is 51.7 Å². The molecule has 1 aromatic carbocycles. The topological polar surface area (TPSA) is 78.0 Å². The minimum atomic E-state index is -3.77. The summed E-state index contributed by atoms with van der Waals surface area (Å²) >= 11 is 1.17. The zero-order valence-electron chi connectivity index (χ0n) is 17.2. The van der Waals surface area contributed by atoms with Gasteiger partial charge in [-0.15, -0.1) is 11.3 Å². The fourth-order valence-electron chi connectivity index (χ4n) is 4.33. The summed E-state index contributed by atoms with van der Waals surface area (Å²) in [5.41, 5.74) is 2.19. The maximum atomic E-state index is 13.4. The molecule has 2 aromatic rings. The van der Waals surface area contributed by atoms with Gasteiger partial charge in [0.2, 0.25) is 15.9 Å². The number of carbonyl (C=O) groups is 2. The molecular weight excluding hydrogens is 434 g/mol. The Hall–Kier alpha value is -2.23. The van der Waals surface area contributed by atoms with E-state index in [0.717, 1.165) is 18.4 Å². The fraction of sp³-hybridized carbons (Fsp3) is 0.455. The summed E-state index contributed by atoms with van der Waals surface area (Å²) in [6.45, 7) is 2.63. The van der Waals surface area contributed by atoms with Crippen molar-refractivity contribution < 1.29 is 18.0 Å². The SMILES string of the molecule is O=C(c1sccc1S(=O)(=O)N1CCc2ccccc2C1)N1CCN(C(=O)C2CC2)CC1. The number of hydrogen-bond acceptors (Lipinski definition) is 5. The van der Waals surface area contributed by atoms with Crippen LogP contribution < -0.4 is 0 Å². The van der Waals surface area contributed by atoms with Crippen LogP contribution in [0.2, 0.25) is 0 Å². The van der Waals surface area contributed by atoms with Crippen molar-refractivity contribution in [3.63, 3.8) is 0 Å². The number of thiophene rings is 1. The van der Waals surface area contributed by atoms with E-state index in [-0.39, 0.29) is 27.5 Å². The van der Waals surface area contributed by atoms with Crippen LogP contribution in [0.25, 0.3) is 0 Å². The average molecular weight is 460 g/mol. The van der Waals surface area contributed by atoms with Gasteiger partial charge >= 0.3 is 0 Å². The Morgan fingerprint density at radius 1 is 0.903 bits per heavy atom. The van der Waals surface area contributed by atoms with Crippen molar-refractivity contribution in [2.45, 2.75) is 30.7 Å². The zero-order valence-corrected chi connectivity index (χ0v) is 18.8. The smallest absolute Gasteiger partial charge is 0.265 e. The normalized spacial score (nSPS) is 19.9. The third-order valence-electron chi connectivity index (χ3n) is 6.34. The maximum Gasteiger partial charge on any atom is 0.265 e. The van der Waals surface area contributed by atoms with Crippen LogP contribution in [0.1, 0.15) is 33.6 Å². The Morgan fingerprint density at radius 2 is 1.58 bits per heavy atom. The number of carbonyl (C=O) groups excluding carboxylic acids is 2. The van der Waals surface area contributed by atoms with Crippen LogP contribution in [-0.4, -0.2) is 67.1 Å². The van der Waals surface area contributed by atoms with Gasteiger partial charge in [0.05, 0.1) is 0 Å². The Balaban J connectivity index is 1.31. The van der Waals surface area contributed by atoms with Gasteiger partial charge in [0.25, 0.3) is 5.91 Å². The number of benzene rings is 1. The molecule has 9 heteroatoms. The van der Waals surface area contributed by atoms with Gasteiger partial charge in [-0.25, -0.2) is 8.42 Å². The molecule has 0 atom stereocenters. The molecule has 0 spiro atoms. The molecular formula is C22H25N3O4S2. The molecule has 3 aliphatic rings. The lowest BCUT2D eigenvalue weighted by Gasteiger charge is -2.35. The van der Waals surface area contributed by atoms with Crippen LogP contribution in [0.3, 0.4) is 0 Å². The molecule has 0 N–H and O–H groups in total. The summed E-state index contributed by atoms with van der Waals surface area (Å²) < 4.78 is 28.3. The average Bonchev–Trinajstić information content (AvgIpc) is 3.53. The largest absolute Gasteiger partial charge is 0.339 e. The van der Waals surface area contributed by atoms with E-state index in [1.165, 1.54) is 21.2 Å². The molecule has 7 nitrogen and oxygen atoms in total. The van der Waals surface area contributed by atoms with Gasteiger partial charge in [-0.3, -0.25) is 9.59 Å². The van der Waals surface area contributed by atoms with Crippen LogP contribution in [0, 0.1) is 5.92 Å². The fourth-order valence-corrected chi connectivity index (χ4v) is 7.11. The Labute approximate surface area is 186 Å². The minimum absolute atomic E-state index is 0.0957. The van der Waals surface area contributed by atoms with Crippen molar-refractivity contribution >= 4 is 33.2 Å². The van der Waals surface area contributed by atoms with Gasteiger partial charge < -0.3 is 9.80 Å². The van der Waals surface area contributed by atoms with Crippen molar-refractivity contribution in [2.24, 2.45) is 5.92 Å². The number of piperazine rings is 1. The summed E-state index contributed by atoms with van der Waals surface area (Å²) in [6.07, 6.45) is 2.60. The summed E-state index contributed by atoms with van der Waals surface area (Å²) in [5.74, 6) is 0.104. The number of sulfonamides is 1. The van der Waals surface area contributed by atoms with Crippen LogP contribution in [0.15, 0.2) is 40.6 Å². The van der Waals surface area contributed by atoms with Gasteiger partial charge in [-0.2, -0.15) is 4.31 Å². The highest BCUT2D eigenvalue weighted by molar-refractivity contribution is 7.89. The highest BCUT2D eigenvalue weighted by Crippen LogP contribution is 2.32. The quantitative estimate of drug-likeness (QED) is 0.702. The number of fused-ring (bicyclic) bond motifs is 1. The van der Waals surface area contributed by atoms with Crippen LogP contribution in [0.5, 0.6) is 0 Å². The maximum absolute atomic E-state index is 13.4. The molecule has 5 rings (SSSR count). The molecule has 2 aliphatic heterocycles. The van der Waals surface area contributed by atoms with Gasteiger partial charge in [-0.05, 0) is 41.8 Å². The number of hydrogen-bond donors (Lipinski definition) is 0. The van der Waals surface area contributed by atoms with Crippen molar-refractivity contribution in [1.82, 2.24) is 14.1 Å². The molecule has 1 aromatic heterocycles. The summed E-state index contributed by atoms with van der Waals surface area (Å²) in [6, 6.07) is 9.42. The zero-order chi connectivity index (χ0) is 21.6. The van der Waals surface area contributed by atoms with E-state index >= 15 is 0 Å². The summed E-state index contributed by atoms with van der Waals surface area (Å²) in [5, 5.41) is 1.67. The van der Waals surface area contributed by atoms with Crippen molar-refractivity contribution in [3.8, 4) is 0 Å². The lowest BCUT2D eigenvalue weighted by molar-refractivity contribution is -0.134. The van der Waals surface area contributed by atoms with Crippen LogP contribution >= 0.6 is 11.3 Å². The monoisotopic (exact) mass is 459 g/mol. The number of rotatable bonds is 4. The second-order valence-electron chi connectivity index (χ2n) is 8.36. The molecule has 0 unspecified atom stereocenters. The first kappa shape index (κ1) is 20.7. The molecule has 3 heterocycles. The van der Waals surface area contributed by atoms with E-state index in [4.69, 9.17) is 0 Å². The third-order valence-corrected chi connectivity index (χ3v) is 9.26. The minimum Gasteiger partial charge on any atom is -0.339 e. The van der Waals surface area contributed by atoms with E-state index in [9.17, 15) is 18.0 Å². The Morgan fingerprint density at radius 3 is 2.29 bits per heavy atom.